The number of hydrogen-bond acceptors (Lipinski definition) is 4. The number of benzene rings is 2. The van der Waals surface area contributed by atoms with Gasteiger partial charge in [0.2, 0.25) is 5.91 Å². The Kier molecular flexibility index (Phi) is 5.53. The van der Waals surface area contributed by atoms with E-state index in [0.29, 0.717) is 32.6 Å². The first kappa shape index (κ1) is 17.9. The SMILES string of the molecule is N[C@@H](Cc1ccccc1)C(=O)N1CCN(C(=O)c2ccccc2O)CC1. The van der Waals surface area contributed by atoms with Gasteiger partial charge in [-0.25, -0.2) is 0 Å². The molecule has 0 spiro atoms. The molecule has 2 aromatic carbocycles. The Labute approximate surface area is 152 Å². The fraction of sp³-hybridized carbons (Fsp3) is 0.300. The van der Waals surface area contributed by atoms with Crippen molar-refractivity contribution in [2.45, 2.75) is 12.5 Å². The smallest absolute Gasteiger partial charge is 0.257 e. The summed E-state index contributed by atoms with van der Waals surface area (Å²) in [5, 5.41) is 9.84. The zero-order valence-electron chi connectivity index (χ0n) is 14.5. The monoisotopic (exact) mass is 353 g/mol. The van der Waals surface area contributed by atoms with Gasteiger partial charge in [0.05, 0.1) is 11.6 Å². The van der Waals surface area contributed by atoms with Gasteiger partial charge in [0.1, 0.15) is 5.75 Å². The molecule has 6 nitrogen and oxygen atoms in total. The van der Waals surface area contributed by atoms with E-state index in [4.69, 9.17) is 5.73 Å². The van der Waals surface area contributed by atoms with Crippen LogP contribution in [0.1, 0.15) is 15.9 Å². The predicted molar refractivity (Wildman–Crippen MR) is 98.7 cm³/mol. The quantitative estimate of drug-likeness (QED) is 0.866. The van der Waals surface area contributed by atoms with E-state index >= 15 is 0 Å². The van der Waals surface area contributed by atoms with Crippen molar-refractivity contribution in [2.75, 3.05) is 26.2 Å². The molecule has 3 rings (SSSR count). The first-order valence-corrected chi connectivity index (χ1v) is 8.72. The summed E-state index contributed by atoms with van der Waals surface area (Å²) in [7, 11) is 0. The van der Waals surface area contributed by atoms with E-state index in [1.54, 1.807) is 28.0 Å². The molecule has 1 aliphatic rings. The number of nitrogens with zero attached hydrogens (tertiary/aromatic N) is 2. The Morgan fingerprint density at radius 1 is 0.923 bits per heavy atom. The molecule has 1 saturated heterocycles. The number of piperazine rings is 1. The van der Waals surface area contributed by atoms with Crippen molar-refractivity contribution >= 4 is 11.8 Å². The van der Waals surface area contributed by atoms with Crippen LogP contribution in [0.25, 0.3) is 0 Å². The Balaban J connectivity index is 1.55. The zero-order chi connectivity index (χ0) is 18.5. The minimum absolute atomic E-state index is 0.0270. The molecular formula is C20H23N3O3. The van der Waals surface area contributed by atoms with Gasteiger partial charge >= 0.3 is 0 Å². The Hall–Kier alpha value is -2.86. The summed E-state index contributed by atoms with van der Waals surface area (Å²) in [4.78, 5) is 28.4. The number of carbonyl (C=O) groups is 2. The molecule has 1 fully saturated rings. The summed E-state index contributed by atoms with van der Waals surface area (Å²) >= 11 is 0. The van der Waals surface area contributed by atoms with Crippen molar-refractivity contribution in [3.05, 3.63) is 65.7 Å². The second-order valence-electron chi connectivity index (χ2n) is 6.43. The summed E-state index contributed by atoms with van der Waals surface area (Å²) in [6, 6.07) is 15.6. The topological polar surface area (TPSA) is 86.9 Å². The molecule has 2 amide bonds. The van der Waals surface area contributed by atoms with Crippen molar-refractivity contribution in [1.29, 1.82) is 0 Å². The molecule has 3 N–H and O–H groups in total. The number of hydrogen-bond donors (Lipinski definition) is 2. The van der Waals surface area contributed by atoms with Gasteiger partial charge in [0.15, 0.2) is 0 Å². The van der Waals surface area contributed by atoms with Crippen molar-refractivity contribution in [3.8, 4) is 5.75 Å². The van der Waals surface area contributed by atoms with Crippen LogP contribution in [0.5, 0.6) is 5.75 Å². The molecule has 2 aromatic rings. The molecule has 0 aromatic heterocycles. The summed E-state index contributed by atoms with van der Waals surface area (Å²) < 4.78 is 0. The molecule has 0 radical (unpaired) electrons. The number of para-hydroxylation sites is 1. The number of phenols is 1. The lowest BCUT2D eigenvalue weighted by Crippen LogP contribution is -2.54. The van der Waals surface area contributed by atoms with E-state index in [-0.39, 0.29) is 23.1 Å². The average molecular weight is 353 g/mol. The molecule has 6 heteroatoms. The van der Waals surface area contributed by atoms with Gasteiger partial charge in [-0.05, 0) is 24.1 Å². The van der Waals surface area contributed by atoms with E-state index in [9.17, 15) is 14.7 Å². The zero-order valence-corrected chi connectivity index (χ0v) is 14.5. The van der Waals surface area contributed by atoms with Crippen LogP contribution >= 0.6 is 0 Å². The normalized spacial score (nSPS) is 15.6. The number of phenolic OH excluding ortho intramolecular Hbond substituents is 1. The summed E-state index contributed by atoms with van der Waals surface area (Å²) in [6.45, 7) is 1.75. The second-order valence-corrected chi connectivity index (χ2v) is 6.43. The highest BCUT2D eigenvalue weighted by atomic mass is 16.3. The van der Waals surface area contributed by atoms with Crippen LogP contribution in [-0.4, -0.2) is 58.9 Å². The van der Waals surface area contributed by atoms with Crippen LogP contribution in [0.15, 0.2) is 54.6 Å². The van der Waals surface area contributed by atoms with E-state index in [0.717, 1.165) is 5.56 Å². The van der Waals surface area contributed by atoms with E-state index in [2.05, 4.69) is 0 Å². The van der Waals surface area contributed by atoms with Crippen molar-refractivity contribution < 1.29 is 14.7 Å². The third kappa shape index (κ3) is 4.03. The predicted octanol–water partition coefficient (Wildman–Crippen LogP) is 1.25. The largest absolute Gasteiger partial charge is 0.507 e. The Morgan fingerprint density at radius 2 is 1.50 bits per heavy atom. The van der Waals surface area contributed by atoms with Crippen molar-refractivity contribution in [2.24, 2.45) is 5.73 Å². The van der Waals surface area contributed by atoms with Gasteiger partial charge in [-0.3, -0.25) is 9.59 Å². The summed E-state index contributed by atoms with van der Waals surface area (Å²) in [6.07, 6.45) is 0.497. The maximum Gasteiger partial charge on any atom is 0.257 e. The van der Waals surface area contributed by atoms with Gasteiger partial charge in [-0.1, -0.05) is 42.5 Å². The average Bonchev–Trinajstić information content (AvgIpc) is 2.68. The molecule has 0 unspecified atom stereocenters. The number of amides is 2. The van der Waals surface area contributed by atoms with Crippen LogP contribution in [0.4, 0.5) is 0 Å². The van der Waals surface area contributed by atoms with Crippen molar-refractivity contribution in [1.82, 2.24) is 9.80 Å². The van der Waals surface area contributed by atoms with E-state index in [1.807, 2.05) is 30.3 Å². The second kappa shape index (κ2) is 8.01. The number of carbonyl (C=O) groups excluding carboxylic acids is 2. The molecule has 0 saturated carbocycles. The lowest BCUT2D eigenvalue weighted by molar-refractivity contribution is -0.134. The van der Waals surface area contributed by atoms with Gasteiger partial charge in [0, 0.05) is 26.2 Å². The number of rotatable bonds is 4. The first-order chi connectivity index (χ1) is 12.6. The Bertz CT molecular complexity index is 771. The fourth-order valence-corrected chi connectivity index (χ4v) is 3.14. The summed E-state index contributed by atoms with van der Waals surface area (Å²) in [5.74, 6) is -0.340. The van der Waals surface area contributed by atoms with Crippen LogP contribution in [0, 0.1) is 0 Å². The van der Waals surface area contributed by atoms with E-state index in [1.165, 1.54) is 6.07 Å². The highest BCUT2D eigenvalue weighted by molar-refractivity contribution is 5.97. The fourth-order valence-electron chi connectivity index (χ4n) is 3.14. The number of nitrogens with two attached hydrogens (primary N) is 1. The standard InChI is InChI=1S/C20H23N3O3/c21-17(14-15-6-2-1-3-7-15)20(26)23-12-10-22(11-13-23)19(25)16-8-4-5-9-18(16)24/h1-9,17,24H,10-14,21H2/t17-/m0/s1. The van der Waals surface area contributed by atoms with Gasteiger partial charge in [-0.2, -0.15) is 0 Å². The van der Waals surface area contributed by atoms with Gasteiger partial charge < -0.3 is 20.6 Å². The summed E-state index contributed by atoms with van der Waals surface area (Å²) in [5.41, 5.74) is 7.40. The molecule has 1 atom stereocenters. The third-order valence-electron chi connectivity index (χ3n) is 4.63. The lowest BCUT2D eigenvalue weighted by Gasteiger charge is -2.36. The minimum Gasteiger partial charge on any atom is -0.507 e. The first-order valence-electron chi connectivity index (χ1n) is 8.72. The maximum absolute atomic E-state index is 12.6. The molecule has 26 heavy (non-hydrogen) atoms. The third-order valence-corrected chi connectivity index (χ3v) is 4.63. The molecule has 1 heterocycles. The molecular weight excluding hydrogens is 330 g/mol. The lowest BCUT2D eigenvalue weighted by atomic mass is 10.1. The minimum atomic E-state index is -0.585. The van der Waals surface area contributed by atoms with Crippen LogP contribution < -0.4 is 5.73 Å². The van der Waals surface area contributed by atoms with Crippen molar-refractivity contribution in [3.63, 3.8) is 0 Å². The van der Waals surface area contributed by atoms with Crippen LogP contribution in [0.2, 0.25) is 0 Å². The highest BCUT2D eigenvalue weighted by Crippen LogP contribution is 2.19. The number of aromatic hydroxyl groups is 1. The van der Waals surface area contributed by atoms with Gasteiger partial charge in [-0.15, -0.1) is 0 Å². The Morgan fingerprint density at radius 3 is 2.15 bits per heavy atom. The molecule has 1 aliphatic heterocycles. The van der Waals surface area contributed by atoms with E-state index < -0.39 is 6.04 Å². The van der Waals surface area contributed by atoms with Gasteiger partial charge in [0.25, 0.3) is 5.91 Å². The van der Waals surface area contributed by atoms with Crippen LogP contribution in [-0.2, 0) is 11.2 Å². The molecule has 0 aliphatic carbocycles. The maximum atomic E-state index is 12.6. The highest BCUT2D eigenvalue weighted by Gasteiger charge is 2.28. The molecule has 0 bridgehead atoms. The van der Waals surface area contributed by atoms with Crippen LogP contribution in [0.3, 0.4) is 0 Å². The molecule has 136 valence electrons.